The summed E-state index contributed by atoms with van der Waals surface area (Å²) in [6.07, 6.45) is 2.36. The van der Waals surface area contributed by atoms with Gasteiger partial charge in [0, 0.05) is 38.8 Å². The van der Waals surface area contributed by atoms with E-state index in [0.717, 1.165) is 11.2 Å². The summed E-state index contributed by atoms with van der Waals surface area (Å²) in [5.74, 6) is 0. The fourth-order valence-corrected chi connectivity index (χ4v) is 10.6. The lowest BCUT2D eigenvalue weighted by Crippen LogP contribution is -2.61. The van der Waals surface area contributed by atoms with Crippen LogP contribution in [0.3, 0.4) is 0 Å². The number of hydrogen-bond acceptors (Lipinski definition) is 2. The second-order valence-electron chi connectivity index (χ2n) is 20.5. The van der Waals surface area contributed by atoms with E-state index < -0.39 is 0 Å². The molecule has 0 saturated heterocycles. The maximum Gasteiger partial charge on any atom is 0.333 e. The zero-order chi connectivity index (χ0) is 38.8. The normalized spacial score (nSPS) is 16.8. The van der Waals surface area contributed by atoms with Crippen molar-refractivity contribution in [1.29, 1.82) is 0 Å². The van der Waals surface area contributed by atoms with Crippen molar-refractivity contribution in [2.24, 2.45) is 0 Å². The first kappa shape index (κ1) is 34.1. The highest BCUT2D eigenvalue weighted by molar-refractivity contribution is 6.93. The average Bonchev–Trinajstić information content (AvgIpc) is 3.71. The molecule has 0 saturated carbocycles. The molecule has 11 rings (SSSR count). The lowest BCUT2D eigenvalue weighted by atomic mass is 9.43. The van der Waals surface area contributed by atoms with Crippen molar-refractivity contribution in [2.45, 2.75) is 104 Å². The molecule has 3 nitrogen and oxygen atoms in total. The molecule has 0 spiro atoms. The molecule has 0 unspecified atom stereocenters. The minimum Gasteiger partial charge on any atom is -0.455 e. The third-order valence-electron chi connectivity index (χ3n) is 14.0. The van der Waals surface area contributed by atoms with E-state index in [4.69, 9.17) is 4.42 Å². The third-order valence-corrected chi connectivity index (χ3v) is 14.0. The number of hydrogen-bond donors (Lipinski definition) is 0. The molecular weight excluding hydrogens is 679 g/mol. The maximum atomic E-state index is 6.81. The Hall–Kier alpha value is -5.22. The van der Waals surface area contributed by atoms with Gasteiger partial charge in [-0.25, -0.2) is 0 Å². The van der Waals surface area contributed by atoms with Crippen LogP contribution >= 0.6 is 0 Å². The van der Waals surface area contributed by atoms with E-state index in [2.05, 4.69) is 182 Å². The molecule has 4 heterocycles. The van der Waals surface area contributed by atoms with Crippen LogP contribution in [0.15, 0.2) is 108 Å². The molecule has 278 valence electrons. The van der Waals surface area contributed by atoms with Gasteiger partial charge < -0.3 is 13.8 Å². The molecule has 0 amide bonds. The van der Waals surface area contributed by atoms with Crippen molar-refractivity contribution < 1.29 is 4.42 Å². The molecule has 1 aliphatic carbocycles. The van der Waals surface area contributed by atoms with E-state index in [1.54, 1.807) is 0 Å². The summed E-state index contributed by atoms with van der Waals surface area (Å²) in [7, 11) is 0. The SMILES string of the molecule is CC(C)(C)c1ccc(N2B3c4cc(C(C)(C)C)ccc4-n4c5ccc6c7ccccc7oc6c5c5ccc(c3c54)-c3cc4c(cc32)C(C)(C)CCC4(C)C)cc1. The van der Waals surface area contributed by atoms with Gasteiger partial charge in [0.25, 0.3) is 0 Å². The quantitative estimate of drug-likeness (QED) is 0.157. The standard InChI is InChI=1S/C52H51BN2O/c1-49(2,3)30-15-18-32(19-16-30)55-43-29-39-38(51(7,8)25-26-52(39,9)10)28-37(43)34-20-21-36-45-42(24-22-35-33-13-11-12-14-44(33)56-48(35)45)54-41-23-17-31(50(4,5)6)27-40(41)53(55)46(34)47(36)54/h11-24,27-29H,25-26H2,1-10H3. The molecular formula is C52H51BN2O. The smallest absolute Gasteiger partial charge is 0.333 e. The number of aromatic nitrogens is 1. The van der Waals surface area contributed by atoms with E-state index in [1.165, 1.54) is 107 Å². The van der Waals surface area contributed by atoms with E-state index in [0.29, 0.717) is 0 Å². The summed E-state index contributed by atoms with van der Waals surface area (Å²) >= 11 is 0. The van der Waals surface area contributed by atoms with Crippen LogP contribution in [0, 0.1) is 0 Å². The highest BCUT2D eigenvalue weighted by atomic mass is 16.3. The van der Waals surface area contributed by atoms with Crippen molar-refractivity contribution >= 4 is 72.9 Å². The molecule has 0 fully saturated rings. The Morgan fingerprint density at radius 3 is 1.98 bits per heavy atom. The predicted molar refractivity (Wildman–Crippen MR) is 240 cm³/mol. The van der Waals surface area contributed by atoms with Crippen LogP contribution in [0.2, 0.25) is 0 Å². The Kier molecular flexibility index (Phi) is 6.56. The number of fused-ring (bicyclic) bond motifs is 13. The molecule has 2 aromatic heterocycles. The molecule has 2 aliphatic heterocycles. The van der Waals surface area contributed by atoms with Crippen LogP contribution in [0.4, 0.5) is 11.4 Å². The molecule has 0 radical (unpaired) electrons. The van der Waals surface area contributed by atoms with E-state index >= 15 is 0 Å². The van der Waals surface area contributed by atoms with Crippen molar-refractivity contribution in [2.75, 3.05) is 4.81 Å². The Morgan fingerprint density at radius 1 is 0.607 bits per heavy atom. The Balaban J connectivity index is 1.32. The summed E-state index contributed by atoms with van der Waals surface area (Å²) in [4.78, 5) is 2.71. The highest BCUT2D eigenvalue weighted by Gasteiger charge is 2.46. The molecule has 8 aromatic rings. The maximum absolute atomic E-state index is 6.81. The van der Waals surface area contributed by atoms with Crippen LogP contribution in [0.1, 0.15) is 104 Å². The molecule has 6 aromatic carbocycles. The monoisotopic (exact) mass is 730 g/mol. The fourth-order valence-electron chi connectivity index (χ4n) is 10.6. The zero-order valence-electron chi connectivity index (χ0n) is 34.6. The zero-order valence-corrected chi connectivity index (χ0v) is 34.6. The summed E-state index contributed by atoms with van der Waals surface area (Å²) in [6.45, 7) is 23.7. The second kappa shape index (κ2) is 10.8. The van der Waals surface area contributed by atoms with Crippen molar-refractivity contribution in [3.8, 4) is 16.8 Å². The van der Waals surface area contributed by atoms with Gasteiger partial charge in [0.2, 0.25) is 0 Å². The van der Waals surface area contributed by atoms with Crippen molar-refractivity contribution in [1.82, 2.24) is 4.57 Å². The minimum atomic E-state index is -0.0280. The van der Waals surface area contributed by atoms with E-state index in [-0.39, 0.29) is 28.5 Å². The lowest BCUT2D eigenvalue weighted by Gasteiger charge is -2.46. The van der Waals surface area contributed by atoms with Gasteiger partial charge in [-0.1, -0.05) is 124 Å². The lowest BCUT2D eigenvalue weighted by molar-refractivity contribution is 0.332. The summed E-state index contributed by atoms with van der Waals surface area (Å²) < 4.78 is 9.38. The molecule has 0 bridgehead atoms. The van der Waals surface area contributed by atoms with E-state index in [1.807, 2.05) is 0 Å². The van der Waals surface area contributed by atoms with Gasteiger partial charge in [-0.3, -0.25) is 0 Å². The molecule has 0 atom stereocenters. The van der Waals surface area contributed by atoms with Gasteiger partial charge in [-0.05, 0) is 122 Å². The summed E-state index contributed by atoms with van der Waals surface area (Å²) in [6, 6.07) is 40.0. The second-order valence-corrected chi connectivity index (χ2v) is 20.5. The van der Waals surface area contributed by atoms with Gasteiger partial charge in [-0.15, -0.1) is 0 Å². The topological polar surface area (TPSA) is 21.3 Å². The number of furan rings is 1. The number of para-hydroxylation sites is 1. The molecule has 3 aliphatic rings. The fraction of sp³-hybridized carbons (Fsp3) is 0.308. The van der Waals surface area contributed by atoms with Crippen LogP contribution in [-0.2, 0) is 21.7 Å². The highest BCUT2D eigenvalue weighted by Crippen LogP contribution is 2.53. The van der Waals surface area contributed by atoms with Gasteiger partial charge in [0.1, 0.15) is 11.2 Å². The van der Waals surface area contributed by atoms with E-state index in [9.17, 15) is 0 Å². The van der Waals surface area contributed by atoms with Crippen LogP contribution in [-0.4, -0.2) is 11.4 Å². The number of rotatable bonds is 1. The molecule has 4 heteroatoms. The Labute approximate surface area is 331 Å². The van der Waals surface area contributed by atoms with Gasteiger partial charge in [0.15, 0.2) is 0 Å². The average molecular weight is 731 g/mol. The first-order valence-electron chi connectivity index (χ1n) is 20.7. The van der Waals surface area contributed by atoms with Gasteiger partial charge in [-0.2, -0.15) is 0 Å². The number of anilines is 2. The number of nitrogens with zero attached hydrogens (tertiary/aromatic N) is 2. The predicted octanol–water partition coefficient (Wildman–Crippen LogP) is 12.9. The number of benzene rings is 6. The van der Waals surface area contributed by atoms with Crippen LogP contribution < -0.4 is 15.7 Å². The van der Waals surface area contributed by atoms with Crippen LogP contribution in [0.5, 0.6) is 0 Å². The first-order valence-corrected chi connectivity index (χ1v) is 20.7. The van der Waals surface area contributed by atoms with Crippen molar-refractivity contribution in [3.63, 3.8) is 0 Å². The minimum absolute atomic E-state index is 0.0101. The molecule has 0 N–H and O–H groups in total. The summed E-state index contributed by atoms with van der Waals surface area (Å²) in [5.41, 5.74) is 19.5. The van der Waals surface area contributed by atoms with Crippen molar-refractivity contribution in [3.05, 3.63) is 125 Å². The van der Waals surface area contributed by atoms with Gasteiger partial charge >= 0.3 is 6.85 Å². The van der Waals surface area contributed by atoms with Gasteiger partial charge in [0.05, 0.1) is 16.4 Å². The molecule has 56 heavy (non-hydrogen) atoms. The largest absolute Gasteiger partial charge is 0.455 e. The summed E-state index contributed by atoms with van der Waals surface area (Å²) in [5, 5.41) is 4.79. The third kappa shape index (κ3) is 4.47. The Morgan fingerprint density at radius 2 is 1.27 bits per heavy atom. The Bertz CT molecular complexity index is 2990. The first-order chi connectivity index (χ1) is 26.5. The van der Waals surface area contributed by atoms with Crippen LogP contribution in [0.25, 0.3) is 60.6 Å².